The van der Waals surface area contributed by atoms with Crippen molar-refractivity contribution in [3.8, 4) is 11.8 Å². The summed E-state index contributed by atoms with van der Waals surface area (Å²) in [5.74, 6) is 6.91. The molecule has 0 aromatic rings. The summed E-state index contributed by atoms with van der Waals surface area (Å²) in [5.41, 5.74) is 0. The first-order valence-corrected chi connectivity index (χ1v) is 4.51. The van der Waals surface area contributed by atoms with Crippen LogP contribution in [0.5, 0.6) is 0 Å². The molecule has 0 aromatic carbocycles. The van der Waals surface area contributed by atoms with E-state index in [0.29, 0.717) is 0 Å². The average molecular weight is 151 g/mol. The Morgan fingerprint density at radius 3 is 2.91 bits per heavy atom. The zero-order chi connectivity index (χ0) is 8.10. The second kappa shape index (κ2) is 4.41. The minimum Gasteiger partial charge on any atom is -0.313 e. The number of nitrogens with one attached hydrogen (secondary N) is 1. The predicted molar refractivity (Wildman–Crippen MR) is 48.3 cm³/mol. The first-order valence-electron chi connectivity index (χ1n) is 4.51. The van der Waals surface area contributed by atoms with E-state index in [1.807, 2.05) is 6.92 Å². The summed E-state index contributed by atoms with van der Waals surface area (Å²) in [6.45, 7) is 5.23. The minimum atomic E-state index is 0.818. The van der Waals surface area contributed by atoms with Crippen LogP contribution in [0.25, 0.3) is 0 Å². The van der Waals surface area contributed by atoms with Crippen LogP contribution in [0, 0.1) is 17.8 Å². The Labute approximate surface area is 69.6 Å². The quantitative estimate of drug-likeness (QED) is 0.477. The van der Waals surface area contributed by atoms with Gasteiger partial charge in [-0.1, -0.05) is 13.3 Å². The standard InChI is InChI=1S/C10H17N/c1-3-5-6-7-11-10-8-9(10)4-2/h9-11H,4,6-8H2,1-2H3. The van der Waals surface area contributed by atoms with Gasteiger partial charge in [0.2, 0.25) is 0 Å². The molecule has 1 rings (SSSR count). The number of hydrogen-bond donors (Lipinski definition) is 1. The van der Waals surface area contributed by atoms with E-state index in [-0.39, 0.29) is 0 Å². The topological polar surface area (TPSA) is 12.0 Å². The molecule has 0 saturated heterocycles. The average Bonchev–Trinajstić information content (AvgIpc) is 2.77. The zero-order valence-corrected chi connectivity index (χ0v) is 7.48. The van der Waals surface area contributed by atoms with Crippen molar-refractivity contribution in [2.75, 3.05) is 6.54 Å². The summed E-state index contributed by atoms with van der Waals surface area (Å²) < 4.78 is 0. The molecule has 1 aliphatic carbocycles. The van der Waals surface area contributed by atoms with Crippen LogP contribution in [-0.4, -0.2) is 12.6 Å². The molecule has 0 aromatic heterocycles. The molecular weight excluding hydrogens is 134 g/mol. The van der Waals surface area contributed by atoms with Gasteiger partial charge in [-0.05, 0) is 19.3 Å². The second-order valence-electron chi connectivity index (χ2n) is 3.14. The van der Waals surface area contributed by atoms with Crippen molar-refractivity contribution in [3.63, 3.8) is 0 Å². The van der Waals surface area contributed by atoms with Gasteiger partial charge in [0.05, 0.1) is 0 Å². The Balaban J connectivity index is 1.92. The SMILES string of the molecule is CC#CCCNC1CC1CC. The highest BCUT2D eigenvalue weighted by Gasteiger charge is 2.33. The van der Waals surface area contributed by atoms with Gasteiger partial charge in [0.1, 0.15) is 0 Å². The molecule has 62 valence electrons. The molecule has 11 heavy (non-hydrogen) atoms. The molecule has 1 fully saturated rings. The first kappa shape index (κ1) is 8.62. The highest BCUT2D eigenvalue weighted by molar-refractivity contribution is 4.97. The van der Waals surface area contributed by atoms with Crippen molar-refractivity contribution in [1.29, 1.82) is 0 Å². The lowest BCUT2D eigenvalue weighted by Gasteiger charge is -1.98. The first-order chi connectivity index (χ1) is 5.38. The molecule has 0 radical (unpaired) electrons. The Hall–Kier alpha value is -0.480. The van der Waals surface area contributed by atoms with Crippen molar-refractivity contribution >= 4 is 0 Å². The lowest BCUT2D eigenvalue weighted by molar-refractivity contribution is 0.630. The molecule has 1 nitrogen and oxygen atoms in total. The Morgan fingerprint density at radius 1 is 1.55 bits per heavy atom. The molecule has 0 spiro atoms. The van der Waals surface area contributed by atoms with Crippen molar-refractivity contribution in [2.45, 2.75) is 39.2 Å². The van der Waals surface area contributed by atoms with Crippen LogP contribution in [0.3, 0.4) is 0 Å². The largest absolute Gasteiger partial charge is 0.313 e. The van der Waals surface area contributed by atoms with E-state index >= 15 is 0 Å². The summed E-state index contributed by atoms with van der Waals surface area (Å²) in [6, 6.07) is 0.818. The maximum Gasteiger partial charge on any atom is 0.0214 e. The van der Waals surface area contributed by atoms with Gasteiger partial charge in [0, 0.05) is 19.0 Å². The molecule has 0 bridgehead atoms. The normalized spacial score (nSPS) is 27.5. The van der Waals surface area contributed by atoms with Gasteiger partial charge in [-0.2, -0.15) is 0 Å². The molecule has 1 heteroatoms. The number of hydrogen-bond acceptors (Lipinski definition) is 1. The maximum absolute atomic E-state index is 3.49. The Bertz CT molecular complexity index is 163. The van der Waals surface area contributed by atoms with Gasteiger partial charge in [-0.25, -0.2) is 0 Å². The third-order valence-corrected chi connectivity index (χ3v) is 2.28. The van der Waals surface area contributed by atoms with Gasteiger partial charge in [0.15, 0.2) is 0 Å². The van der Waals surface area contributed by atoms with Crippen LogP contribution in [0.15, 0.2) is 0 Å². The van der Waals surface area contributed by atoms with Crippen LogP contribution >= 0.6 is 0 Å². The van der Waals surface area contributed by atoms with Crippen LogP contribution < -0.4 is 5.32 Å². The molecule has 2 unspecified atom stereocenters. The minimum absolute atomic E-state index is 0.818. The van der Waals surface area contributed by atoms with Crippen molar-refractivity contribution in [3.05, 3.63) is 0 Å². The summed E-state index contributed by atoms with van der Waals surface area (Å²) in [5, 5.41) is 3.49. The van der Waals surface area contributed by atoms with E-state index in [9.17, 15) is 0 Å². The third-order valence-electron chi connectivity index (χ3n) is 2.28. The Kier molecular flexibility index (Phi) is 3.45. The maximum atomic E-state index is 3.49. The fourth-order valence-corrected chi connectivity index (χ4v) is 1.39. The Morgan fingerprint density at radius 2 is 2.36 bits per heavy atom. The highest BCUT2D eigenvalue weighted by Crippen LogP contribution is 2.32. The van der Waals surface area contributed by atoms with E-state index in [1.54, 1.807) is 0 Å². The molecule has 1 saturated carbocycles. The van der Waals surface area contributed by atoms with Gasteiger partial charge in [0.25, 0.3) is 0 Å². The fraction of sp³-hybridized carbons (Fsp3) is 0.800. The second-order valence-corrected chi connectivity index (χ2v) is 3.14. The summed E-state index contributed by atoms with van der Waals surface area (Å²) in [6.07, 6.45) is 3.72. The highest BCUT2D eigenvalue weighted by atomic mass is 15.0. The van der Waals surface area contributed by atoms with Gasteiger partial charge < -0.3 is 5.32 Å². The fourth-order valence-electron chi connectivity index (χ4n) is 1.39. The molecule has 0 amide bonds. The van der Waals surface area contributed by atoms with E-state index in [2.05, 4.69) is 24.1 Å². The van der Waals surface area contributed by atoms with E-state index in [1.165, 1.54) is 12.8 Å². The van der Waals surface area contributed by atoms with Crippen LogP contribution in [0.4, 0.5) is 0 Å². The molecule has 0 aliphatic heterocycles. The summed E-state index contributed by atoms with van der Waals surface area (Å²) in [7, 11) is 0. The molecule has 1 N–H and O–H groups in total. The van der Waals surface area contributed by atoms with Gasteiger partial charge in [-0.15, -0.1) is 11.8 Å². The smallest absolute Gasteiger partial charge is 0.0214 e. The van der Waals surface area contributed by atoms with Crippen molar-refractivity contribution in [1.82, 2.24) is 5.32 Å². The lowest BCUT2D eigenvalue weighted by atomic mass is 10.3. The van der Waals surface area contributed by atoms with Crippen molar-refractivity contribution in [2.24, 2.45) is 5.92 Å². The molecular formula is C10H17N. The third kappa shape index (κ3) is 2.95. The van der Waals surface area contributed by atoms with Gasteiger partial charge >= 0.3 is 0 Å². The number of rotatable bonds is 4. The molecule has 1 aliphatic rings. The van der Waals surface area contributed by atoms with Crippen LogP contribution in [0.2, 0.25) is 0 Å². The lowest BCUT2D eigenvalue weighted by Crippen LogP contribution is -2.18. The summed E-state index contributed by atoms with van der Waals surface area (Å²) >= 11 is 0. The predicted octanol–water partition coefficient (Wildman–Crippen LogP) is 1.79. The van der Waals surface area contributed by atoms with E-state index in [0.717, 1.165) is 24.9 Å². The molecule has 0 heterocycles. The monoisotopic (exact) mass is 151 g/mol. The van der Waals surface area contributed by atoms with Gasteiger partial charge in [-0.3, -0.25) is 0 Å². The van der Waals surface area contributed by atoms with Crippen molar-refractivity contribution < 1.29 is 0 Å². The van der Waals surface area contributed by atoms with E-state index in [4.69, 9.17) is 0 Å². The zero-order valence-electron chi connectivity index (χ0n) is 7.48. The van der Waals surface area contributed by atoms with E-state index < -0.39 is 0 Å². The molecule has 2 atom stereocenters. The summed E-state index contributed by atoms with van der Waals surface area (Å²) in [4.78, 5) is 0. The van der Waals surface area contributed by atoms with Crippen LogP contribution in [-0.2, 0) is 0 Å². The van der Waals surface area contributed by atoms with Crippen LogP contribution in [0.1, 0.15) is 33.1 Å².